The van der Waals surface area contributed by atoms with Crippen LogP contribution in [0.2, 0.25) is 0 Å². The topological polar surface area (TPSA) is 40.9 Å². The van der Waals surface area contributed by atoms with Gasteiger partial charge in [-0.15, -0.1) is 11.8 Å². The summed E-state index contributed by atoms with van der Waals surface area (Å²) in [5, 5.41) is 10.6. The standard InChI is InChI=1S/C22H26NOPS/c1-2-3-18-26-22(16-10-11-17-23)19-25(24,20-12-6-4-7-13-20)21-14-8-5-9-15-21/h4-9,12-15,19H,2-3,10-11,16,18H2,1H3/b22-19+. The highest BCUT2D eigenvalue weighted by Gasteiger charge is 2.25. The molecule has 0 bridgehead atoms. The van der Waals surface area contributed by atoms with E-state index in [1.165, 1.54) is 0 Å². The maximum atomic E-state index is 14.1. The van der Waals surface area contributed by atoms with E-state index in [0.717, 1.165) is 47.0 Å². The van der Waals surface area contributed by atoms with Gasteiger partial charge in [0.1, 0.15) is 0 Å². The summed E-state index contributed by atoms with van der Waals surface area (Å²) in [6, 6.07) is 21.7. The average Bonchev–Trinajstić information content (AvgIpc) is 2.69. The van der Waals surface area contributed by atoms with Crippen LogP contribution in [-0.2, 0) is 4.57 Å². The number of allylic oxidation sites excluding steroid dienone is 1. The zero-order valence-electron chi connectivity index (χ0n) is 15.3. The first kappa shape index (κ1) is 20.6. The van der Waals surface area contributed by atoms with Gasteiger partial charge in [-0.3, -0.25) is 0 Å². The van der Waals surface area contributed by atoms with Crippen molar-refractivity contribution in [3.63, 3.8) is 0 Å². The molecule has 2 aromatic rings. The van der Waals surface area contributed by atoms with Crippen LogP contribution < -0.4 is 10.6 Å². The van der Waals surface area contributed by atoms with E-state index in [4.69, 9.17) is 5.26 Å². The second kappa shape index (κ2) is 11.1. The molecular formula is C22H26NOPS. The highest BCUT2D eigenvalue weighted by atomic mass is 32.2. The smallest absolute Gasteiger partial charge is 0.164 e. The normalized spacial score (nSPS) is 11.9. The molecule has 0 aliphatic rings. The molecule has 0 aliphatic carbocycles. The van der Waals surface area contributed by atoms with Gasteiger partial charge >= 0.3 is 0 Å². The van der Waals surface area contributed by atoms with Crippen LogP contribution in [0.4, 0.5) is 0 Å². The van der Waals surface area contributed by atoms with Gasteiger partial charge < -0.3 is 4.57 Å². The van der Waals surface area contributed by atoms with Crippen molar-refractivity contribution in [3.8, 4) is 6.07 Å². The first-order chi connectivity index (χ1) is 12.7. The molecule has 0 heterocycles. The molecule has 26 heavy (non-hydrogen) atoms. The Morgan fingerprint density at radius 2 is 1.62 bits per heavy atom. The van der Waals surface area contributed by atoms with Crippen molar-refractivity contribution in [3.05, 3.63) is 71.4 Å². The highest BCUT2D eigenvalue weighted by molar-refractivity contribution is 8.03. The van der Waals surface area contributed by atoms with Gasteiger partial charge in [-0.25, -0.2) is 0 Å². The Bertz CT molecular complexity index is 737. The van der Waals surface area contributed by atoms with Crippen LogP contribution >= 0.6 is 18.9 Å². The Hall–Kier alpha value is -1.75. The van der Waals surface area contributed by atoms with Crippen LogP contribution in [0, 0.1) is 11.3 Å². The van der Waals surface area contributed by atoms with E-state index in [2.05, 4.69) is 13.0 Å². The third-order valence-electron chi connectivity index (χ3n) is 4.10. The number of nitrogens with zero attached hydrogens (tertiary/aromatic N) is 1. The number of hydrogen-bond acceptors (Lipinski definition) is 3. The molecule has 0 N–H and O–H groups in total. The lowest BCUT2D eigenvalue weighted by Gasteiger charge is -2.18. The van der Waals surface area contributed by atoms with Gasteiger partial charge in [0.15, 0.2) is 7.14 Å². The summed E-state index contributed by atoms with van der Waals surface area (Å²) in [5.41, 5.74) is 0. The maximum Gasteiger partial charge on any atom is 0.164 e. The molecule has 0 saturated heterocycles. The molecule has 2 nitrogen and oxygen atoms in total. The molecule has 0 fully saturated rings. The first-order valence-corrected chi connectivity index (χ1v) is 11.9. The van der Waals surface area contributed by atoms with Gasteiger partial charge in [-0.1, -0.05) is 74.0 Å². The molecule has 2 rings (SSSR count). The summed E-state index contributed by atoms with van der Waals surface area (Å²) >= 11 is 1.79. The van der Waals surface area contributed by atoms with E-state index in [0.29, 0.717) is 6.42 Å². The molecule has 0 atom stereocenters. The van der Waals surface area contributed by atoms with Crippen LogP contribution in [0.25, 0.3) is 0 Å². The molecule has 4 heteroatoms. The molecule has 136 valence electrons. The van der Waals surface area contributed by atoms with Gasteiger partial charge in [-0.2, -0.15) is 5.26 Å². The quantitative estimate of drug-likeness (QED) is 0.369. The van der Waals surface area contributed by atoms with Gasteiger partial charge in [-0.05, 0) is 35.7 Å². The SMILES string of the molecule is CCCCS/C(=C/P(=O)(c1ccccc1)c1ccccc1)CCCC#N. The second-order valence-electron chi connectivity index (χ2n) is 6.14. The minimum atomic E-state index is -2.84. The molecule has 0 saturated carbocycles. The third kappa shape index (κ3) is 5.90. The van der Waals surface area contributed by atoms with Crippen molar-refractivity contribution in [1.29, 1.82) is 5.26 Å². The Kier molecular flexibility index (Phi) is 8.75. The van der Waals surface area contributed by atoms with Gasteiger partial charge in [0, 0.05) is 17.0 Å². The fourth-order valence-electron chi connectivity index (χ4n) is 2.66. The Morgan fingerprint density at radius 1 is 1.04 bits per heavy atom. The van der Waals surface area contributed by atoms with Crippen molar-refractivity contribution in [2.24, 2.45) is 0 Å². The van der Waals surface area contributed by atoms with Crippen LogP contribution in [0.1, 0.15) is 39.0 Å². The lowest BCUT2D eigenvalue weighted by atomic mass is 10.2. The monoisotopic (exact) mass is 383 g/mol. The molecule has 0 aromatic heterocycles. The number of nitriles is 1. The predicted molar refractivity (Wildman–Crippen MR) is 115 cm³/mol. The van der Waals surface area contributed by atoms with Crippen molar-refractivity contribution >= 4 is 29.5 Å². The molecule has 2 aromatic carbocycles. The summed E-state index contributed by atoms with van der Waals surface area (Å²) in [6.45, 7) is 2.18. The number of thioether (sulfide) groups is 1. The van der Waals surface area contributed by atoms with E-state index in [-0.39, 0.29) is 0 Å². The highest BCUT2D eigenvalue weighted by Crippen LogP contribution is 2.48. The average molecular weight is 383 g/mol. The zero-order valence-corrected chi connectivity index (χ0v) is 17.0. The summed E-state index contributed by atoms with van der Waals surface area (Å²) < 4.78 is 14.1. The van der Waals surface area contributed by atoms with E-state index in [1.807, 2.05) is 66.5 Å². The Balaban J connectivity index is 2.42. The van der Waals surface area contributed by atoms with E-state index in [1.54, 1.807) is 11.8 Å². The van der Waals surface area contributed by atoms with Crippen LogP contribution in [0.5, 0.6) is 0 Å². The van der Waals surface area contributed by atoms with Gasteiger partial charge in [0.2, 0.25) is 0 Å². The van der Waals surface area contributed by atoms with E-state index < -0.39 is 7.14 Å². The summed E-state index contributed by atoms with van der Waals surface area (Å²) in [5.74, 6) is 3.02. The molecule has 0 spiro atoms. The Morgan fingerprint density at radius 3 is 2.12 bits per heavy atom. The van der Waals surface area contributed by atoms with Crippen molar-refractivity contribution in [2.75, 3.05) is 5.75 Å². The molecule has 0 aliphatic heterocycles. The summed E-state index contributed by atoms with van der Waals surface area (Å²) in [4.78, 5) is 1.14. The van der Waals surface area contributed by atoms with Crippen molar-refractivity contribution < 1.29 is 4.57 Å². The molecule has 0 amide bonds. The number of rotatable bonds is 10. The predicted octanol–water partition coefficient (Wildman–Crippen LogP) is 6.07. The second-order valence-corrected chi connectivity index (χ2v) is 9.97. The minimum absolute atomic E-state index is 0.534. The summed E-state index contributed by atoms with van der Waals surface area (Å²) in [7, 11) is -2.84. The zero-order chi connectivity index (χ0) is 18.7. The summed E-state index contributed by atoms with van der Waals surface area (Å²) in [6.07, 6.45) is 4.44. The number of hydrogen-bond donors (Lipinski definition) is 0. The van der Waals surface area contributed by atoms with Gasteiger partial charge in [0.25, 0.3) is 0 Å². The van der Waals surface area contributed by atoms with Crippen LogP contribution in [-0.4, -0.2) is 5.75 Å². The fourth-order valence-corrected chi connectivity index (χ4v) is 6.75. The lowest BCUT2D eigenvalue weighted by Crippen LogP contribution is -2.14. The first-order valence-electron chi connectivity index (χ1n) is 9.13. The minimum Gasteiger partial charge on any atom is -0.309 e. The number of unbranched alkanes of at least 4 members (excludes halogenated alkanes) is 2. The van der Waals surface area contributed by atoms with Crippen molar-refractivity contribution in [1.82, 2.24) is 0 Å². The van der Waals surface area contributed by atoms with E-state index >= 15 is 0 Å². The van der Waals surface area contributed by atoms with E-state index in [9.17, 15) is 4.57 Å². The van der Waals surface area contributed by atoms with Crippen LogP contribution in [0.15, 0.2) is 71.4 Å². The largest absolute Gasteiger partial charge is 0.309 e. The molecular weight excluding hydrogens is 357 g/mol. The number of benzene rings is 2. The molecule has 0 radical (unpaired) electrons. The lowest BCUT2D eigenvalue weighted by molar-refractivity contribution is 0.592. The molecule has 0 unspecified atom stereocenters. The maximum absolute atomic E-state index is 14.1. The van der Waals surface area contributed by atoms with Crippen molar-refractivity contribution in [2.45, 2.75) is 39.0 Å². The fraction of sp³-hybridized carbons (Fsp3) is 0.318. The van der Waals surface area contributed by atoms with Gasteiger partial charge in [0.05, 0.1) is 6.07 Å². The third-order valence-corrected chi connectivity index (χ3v) is 8.27. The van der Waals surface area contributed by atoms with Crippen LogP contribution in [0.3, 0.4) is 0 Å². The Labute approximate surface area is 161 Å².